The van der Waals surface area contributed by atoms with Crippen LogP contribution in [-0.2, 0) is 28.7 Å². The average molecular weight is 491 g/mol. The second-order valence-corrected chi connectivity index (χ2v) is 12.6. The lowest BCUT2D eigenvalue weighted by molar-refractivity contribution is -0.149. The maximum absolute atomic E-state index is 14.2. The predicted octanol–water partition coefficient (Wildman–Crippen LogP) is 4.14. The minimum absolute atomic E-state index is 0.0287. The molecule has 5 fully saturated rings. The van der Waals surface area contributed by atoms with Gasteiger partial charge < -0.3 is 9.47 Å². The number of fused-ring (bicyclic) bond motifs is 7. The summed E-state index contributed by atoms with van der Waals surface area (Å²) in [5.41, 5.74) is 2.20. The molecule has 2 heterocycles. The van der Waals surface area contributed by atoms with Gasteiger partial charge in [-0.1, -0.05) is 32.6 Å². The molecule has 190 valence electrons. The quantitative estimate of drug-likeness (QED) is 0.288. The molecule has 0 N–H and O–H groups in total. The average Bonchev–Trinajstić information content (AvgIpc) is 3.41. The van der Waals surface area contributed by atoms with Gasteiger partial charge in [0, 0.05) is 41.2 Å². The number of carbonyl (C=O) groups excluding carboxylic acids is 4. The summed E-state index contributed by atoms with van der Waals surface area (Å²) in [4.78, 5) is 53.6. The molecule has 1 spiro atoms. The Hall–Kier alpha value is -2.50. The fraction of sp³-hybridized carbons (Fsp3) is 0.667. The summed E-state index contributed by atoms with van der Waals surface area (Å²) in [5, 5.41) is 0. The number of Topliss-reactive ketones (excluding diaryl/α,β-unsaturated/α-hetero) is 2. The van der Waals surface area contributed by atoms with Crippen molar-refractivity contribution < 1.29 is 28.7 Å². The van der Waals surface area contributed by atoms with Gasteiger partial charge in [-0.15, -0.1) is 0 Å². The zero-order valence-electron chi connectivity index (χ0n) is 21.1. The first kappa shape index (κ1) is 22.7. The lowest BCUT2D eigenvalue weighted by Gasteiger charge is -2.45. The Kier molecular flexibility index (Phi) is 4.59. The first-order valence-corrected chi connectivity index (χ1v) is 13.8. The fourth-order valence-corrected chi connectivity index (χ4v) is 9.60. The van der Waals surface area contributed by atoms with Crippen molar-refractivity contribution in [3.63, 3.8) is 0 Å². The van der Waals surface area contributed by atoms with Gasteiger partial charge in [-0.2, -0.15) is 0 Å². The maximum atomic E-state index is 14.2. The highest BCUT2D eigenvalue weighted by molar-refractivity contribution is 6.17. The summed E-state index contributed by atoms with van der Waals surface area (Å²) in [5.74, 6) is -1.25. The Labute approximate surface area is 211 Å². The smallest absolute Gasteiger partial charge is 0.309 e. The molecule has 0 amide bonds. The molecule has 0 bridgehead atoms. The Morgan fingerprint density at radius 2 is 1.53 bits per heavy atom. The zero-order valence-corrected chi connectivity index (χ0v) is 21.1. The number of hydrogen-bond donors (Lipinski definition) is 0. The molecule has 0 aromatic rings. The molecular formula is C30H34O6. The van der Waals surface area contributed by atoms with Crippen molar-refractivity contribution >= 4 is 23.5 Å². The summed E-state index contributed by atoms with van der Waals surface area (Å²) in [6.07, 6.45) is 4.38. The van der Waals surface area contributed by atoms with Crippen LogP contribution in [0.25, 0.3) is 0 Å². The van der Waals surface area contributed by atoms with Crippen LogP contribution < -0.4 is 0 Å². The third kappa shape index (κ3) is 2.54. The number of allylic oxidation sites excluding steroid dienone is 2. The number of carbonyl (C=O) groups is 4. The topological polar surface area (TPSA) is 86.7 Å². The van der Waals surface area contributed by atoms with Gasteiger partial charge >= 0.3 is 11.9 Å². The van der Waals surface area contributed by atoms with Crippen LogP contribution in [0.3, 0.4) is 0 Å². The monoisotopic (exact) mass is 490 g/mol. The van der Waals surface area contributed by atoms with Crippen LogP contribution in [0.15, 0.2) is 35.5 Å². The van der Waals surface area contributed by atoms with Gasteiger partial charge in [-0.3, -0.25) is 19.2 Å². The van der Waals surface area contributed by atoms with E-state index in [0.717, 1.165) is 43.3 Å². The second-order valence-electron chi connectivity index (χ2n) is 12.6. The Morgan fingerprint density at radius 3 is 2.25 bits per heavy atom. The molecule has 3 saturated carbocycles. The number of hydrogen-bond acceptors (Lipinski definition) is 6. The van der Waals surface area contributed by atoms with Crippen molar-refractivity contribution in [1.82, 2.24) is 0 Å². The van der Waals surface area contributed by atoms with Gasteiger partial charge in [-0.05, 0) is 55.9 Å². The van der Waals surface area contributed by atoms with Crippen LogP contribution in [0.1, 0.15) is 58.8 Å². The highest BCUT2D eigenvalue weighted by Crippen LogP contribution is 2.67. The van der Waals surface area contributed by atoms with Crippen LogP contribution >= 0.6 is 0 Å². The number of rotatable bonds is 0. The van der Waals surface area contributed by atoms with Crippen molar-refractivity contribution in [2.45, 2.75) is 71.0 Å². The Morgan fingerprint density at radius 1 is 0.861 bits per heavy atom. The van der Waals surface area contributed by atoms with Gasteiger partial charge in [0.05, 0.1) is 17.3 Å². The minimum atomic E-state index is -0.972. The van der Waals surface area contributed by atoms with Crippen LogP contribution in [0, 0.1) is 52.8 Å². The van der Waals surface area contributed by atoms with Crippen molar-refractivity contribution in [1.29, 1.82) is 0 Å². The number of ketones is 2. The van der Waals surface area contributed by atoms with E-state index >= 15 is 0 Å². The van der Waals surface area contributed by atoms with Crippen molar-refractivity contribution in [2.24, 2.45) is 52.8 Å². The second kappa shape index (κ2) is 7.29. The molecule has 36 heavy (non-hydrogen) atoms. The van der Waals surface area contributed by atoms with E-state index in [9.17, 15) is 19.2 Å². The molecule has 7 aliphatic rings. The van der Waals surface area contributed by atoms with Crippen molar-refractivity contribution in [3.8, 4) is 0 Å². The van der Waals surface area contributed by atoms with E-state index in [1.165, 1.54) is 0 Å². The molecule has 5 aliphatic carbocycles. The summed E-state index contributed by atoms with van der Waals surface area (Å²) in [6.45, 7) is 12.5. The molecule has 0 unspecified atom stereocenters. The van der Waals surface area contributed by atoms with Gasteiger partial charge in [0.2, 0.25) is 0 Å². The molecule has 6 heteroatoms. The Bertz CT molecular complexity index is 1190. The number of esters is 2. The van der Waals surface area contributed by atoms with E-state index in [0.29, 0.717) is 24.0 Å². The van der Waals surface area contributed by atoms with Gasteiger partial charge in [0.1, 0.15) is 18.0 Å². The van der Waals surface area contributed by atoms with Crippen LogP contribution in [-0.4, -0.2) is 35.7 Å². The third-order valence-corrected chi connectivity index (χ3v) is 11.4. The molecule has 0 aromatic carbocycles. The minimum Gasteiger partial charge on any atom is -0.461 e. The van der Waals surface area contributed by atoms with Gasteiger partial charge in [0.25, 0.3) is 0 Å². The van der Waals surface area contributed by atoms with Crippen molar-refractivity contribution in [3.05, 3.63) is 35.5 Å². The van der Waals surface area contributed by atoms with E-state index in [4.69, 9.17) is 9.47 Å². The van der Waals surface area contributed by atoms with E-state index < -0.39 is 5.41 Å². The van der Waals surface area contributed by atoms with E-state index in [2.05, 4.69) is 13.2 Å². The Balaban J connectivity index is 1.43. The van der Waals surface area contributed by atoms with Gasteiger partial charge in [0.15, 0.2) is 5.78 Å². The molecule has 0 radical (unpaired) electrons. The van der Waals surface area contributed by atoms with E-state index in [1.54, 1.807) is 0 Å². The normalized spacial score (nSPS) is 49.4. The molecule has 0 aromatic heterocycles. The lowest BCUT2D eigenvalue weighted by Crippen LogP contribution is -2.47. The summed E-state index contributed by atoms with van der Waals surface area (Å²) in [7, 11) is 0. The van der Waals surface area contributed by atoms with Crippen molar-refractivity contribution in [2.75, 3.05) is 0 Å². The molecule has 7 rings (SSSR count). The molecular weight excluding hydrogens is 456 g/mol. The molecule has 11 atom stereocenters. The summed E-state index contributed by atoms with van der Waals surface area (Å²) >= 11 is 0. The van der Waals surface area contributed by atoms with Crippen LogP contribution in [0.4, 0.5) is 0 Å². The third-order valence-electron chi connectivity index (χ3n) is 11.4. The molecule has 6 nitrogen and oxygen atoms in total. The van der Waals surface area contributed by atoms with E-state index in [-0.39, 0.29) is 83.1 Å². The largest absolute Gasteiger partial charge is 0.461 e. The van der Waals surface area contributed by atoms with Crippen LogP contribution in [0.2, 0.25) is 0 Å². The standard InChI is InChI=1S/C30H34O6/c1-12-5-7-18-14(3)29(34)36-27(18)23-19(12)11-20(31)30(23)10-9-16-6-8-17-13(2)28(33)35-26(17)21-15(4)25(32)24(30)22(16)21/h13-14,16-19,21,23,26-27H,1,4-11H2,2-3H3/t13-,14+,16-,17-,18-,19-,21-,23-,26-,27-,30+/m0/s1. The zero-order chi connectivity index (χ0) is 25.3. The molecule has 2 saturated heterocycles. The SMILES string of the molecule is C=C1C(=O)C2=C3[C@@H](CC[C@@H]4[C@H](OC(=O)[C@H]4C)[C@@H]13)CC[C@]21C(=O)C[C@H]2C(=C)CC[C@@H]3[C@H](OC(=O)[C@@H]3C)[C@H]21. The predicted molar refractivity (Wildman–Crippen MR) is 129 cm³/mol. The molecule has 2 aliphatic heterocycles. The maximum Gasteiger partial charge on any atom is 0.309 e. The highest BCUT2D eigenvalue weighted by atomic mass is 16.6. The lowest BCUT2D eigenvalue weighted by atomic mass is 9.57. The summed E-state index contributed by atoms with van der Waals surface area (Å²) < 4.78 is 12.0. The summed E-state index contributed by atoms with van der Waals surface area (Å²) in [6, 6.07) is 0. The van der Waals surface area contributed by atoms with E-state index in [1.807, 2.05) is 13.8 Å². The first-order valence-electron chi connectivity index (χ1n) is 13.8. The number of ether oxygens (including phenoxy) is 2. The van der Waals surface area contributed by atoms with Crippen LogP contribution in [0.5, 0.6) is 0 Å². The first-order chi connectivity index (χ1) is 17.2. The highest BCUT2D eigenvalue weighted by Gasteiger charge is 2.69. The van der Waals surface area contributed by atoms with Gasteiger partial charge in [-0.25, -0.2) is 0 Å². The fourth-order valence-electron chi connectivity index (χ4n) is 9.60.